The van der Waals surface area contributed by atoms with E-state index in [0.717, 1.165) is 28.0 Å². The number of hydrazone groups is 1. The highest BCUT2D eigenvalue weighted by molar-refractivity contribution is 7.15. The normalized spacial score (nSPS) is 10.8. The molecule has 0 fully saturated rings. The first-order chi connectivity index (χ1) is 13.5. The number of hydrogen-bond donors (Lipinski definition) is 2. The lowest BCUT2D eigenvalue weighted by Gasteiger charge is -2.03. The van der Waals surface area contributed by atoms with Gasteiger partial charge in [0, 0.05) is 5.56 Å². The minimum Gasteiger partial charge on any atom is -0.296 e. The van der Waals surface area contributed by atoms with Crippen LogP contribution in [0.25, 0.3) is 0 Å². The van der Waals surface area contributed by atoms with Crippen molar-refractivity contribution in [2.75, 3.05) is 5.32 Å². The molecule has 0 spiro atoms. The lowest BCUT2D eigenvalue weighted by molar-refractivity contribution is -0.120. The van der Waals surface area contributed by atoms with Gasteiger partial charge in [0.1, 0.15) is 5.01 Å². The third-order valence-electron chi connectivity index (χ3n) is 3.83. The molecule has 0 bridgehead atoms. The van der Waals surface area contributed by atoms with Crippen LogP contribution in [0.2, 0.25) is 0 Å². The van der Waals surface area contributed by atoms with Gasteiger partial charge in [-0.05, 0) is 31.0 Å². The molecule has 2 amide bonds. The standard InChI is InChI=1S/C20H19N5O2S/c1-13-6-5-8-15(10-13)12-21-23-17(26)11-18-24-25-20(28-18)22-19(27)16-9-4-3-7-14(16)2/h3-10,12H,11H2,1-2H3,(H,23,26)(H,22,25,27)/b21-12-. The molecule has 8 heteroatoms. The van der Waals surface area contributed by atoms with E-state index in [9.17, 15) is 9.59 Å². The molecule has 0 saturated heterocycles. The summed E-state index contributed by atoms with van der Waals surface area (Å²) in [4.78, 5) is 24.3. The van der Waals surface area contributed by atoms with Crippen LogP contribution in [-0.4, -0.2) is 28.2 Å². The molecule has 0 aliphatic carbocycles. The van der Waals surface area contributed by atoms with Gasteiger partial charge in [-0.3, -0.25) is 14.9 Å². The van der Waals surface area contributed by atoms with Crippen molar-refractivity contribution in [1.82, 2.24) is 15.6 Å². The number of carbonyl (C=O) groups excluding carboxylic acids is 2. The van der Waals surface area contributed by atoms with Gasteiger partial charge in [0.05, 0.1) is 12.6 Å². The monoisotopic (exact) mass is 393 g/mol. The van der Waals surface area contributed by atoms with E-state index < -0.39 is 0 Å². The predicted molar refractivity (Wildman–Crippen MR) is 110 cm³/mol. The summed E-state index contributed by atoms with van der Waals surface area (Å²) < 4.78 is 0. The number of nitrogens with zero attached hydrogens (tertiary/aromatic N) is 3. The number of anilines is 1. The van der Waals surface area contributed by atoms with E-state index in [0.29, 0.717) is 15.7 Å². The Hall–Kier alpha value is -3.39. The summed E-state index contributed by atoms with van der Waals surface area (Å²) in [5, 5.41) is 15.4. The fourth-order valence-electron chi connectivity index (χ4n) is 2.47. The maximum atomic E-state index is 12.3. The SMILES string of the molecule is Cc1cccc(/C=N\NC(=O)Cc2nnc(NC(=O)c3ccccc3C)s2)c1. The van der Waals surface area contributed by atoms with Crippen LogP contribution >= 0.6 is 11.3 Å². The summed E-state index contributed by atoms with van der Waals surface area (Å²) in [7, 11) is 0. The molecule has 1 heterocycles. The molecule has 0 aliphatic rings. The molecule has 142 valence electrons. The number of nitrogens with one attached hydrogen (secondary N) is 2. The molecule has 7 nitrogen and oxygen atoms in total. The van der Waals surface area contributed by atoms with E-state index in [1.54, 1.807) is 18.3 Å². The molecule has 0 unspecified atom stereocenters. The molecule has 0 saturated carbocycles. The van der Waals surface area contributed by atoms with Crippen molar-refractivity contribution in [2.24, 2.45) is 5.10 Å². The van der Waals surface area contributed by atoms with Crippen LogP contribution in [0.1, 0.15) is 32.1 Å². The summed E-state index contributed by atoms with van der Waals surface area (Å²) in [6.07, 6.45) is 1.61. The fourth-order valence-corrected chi connectivity index (χ4v) is 3.21. The molecule has 2 aromatic carbocycles. The van der Waals surface area contributed by atoms with Crippen molar-refractivity contribution in [3.8, 4) is 0 Å². The van der Waals surface area contributed by atoms with E-state index in [2.05, 4.69) is 26.0 Å². The fraction of sp³-hybridized carbons (Fsp3) is 0.150. The second-order valence-corrected chi connectivity index (χ2v) is 7.22. The van der Waals surface area contributed by atoms with Crippen LogP contribution in [0.5, 0.6) is 0 Å². The molecule has 3 aromatic rings. The maximum absolute atomic E-state index is 12.3. The second kappa shape index (κ2) is 9.01. The molecule has 0 radical (unpaired) electrons. The lowest BCUT2D eigenvalue weighted by Crippen LogP contribution is -2.19. The predicted octanol–water partition coefficient (Wildman–Crippen LogP) is 3.10. The van der Waals surface area contributed by atoms with Crippen molar-refractivity contribution < 1.29 is 9.59 Å². The number of benzene rings is 2. The minimum absolute atomic E-state index is 0.0308. The quantitative estimate of drug-likeness (QED) is 0.497. The maximum Gasteiger partial charge on any atom is 0.257 e. The number of hydrogen-bond acceptors (Lipinski definition) is 6. The zero-order chi connectivity index (χ0) is 19.9. The molecule has 1 aromatic heterocycles. The van der Waals surface area contributed by atoms with Gasteiger partial charge in [-0.1, -0.05) is 59.4 Å². The molecule has 0 atom stereocenters. The zero-order valence-electron chi connectivity index (χ0n) is 15.5. The van der Waals surface area contributed by atoms with Gasteiger partial charge < -0.3 is 0 Å². The Labute approximate surface area is 166 Å². The summed E-state index contributed by atoms with van der Waals surface area (Å²) >= 11 is 1.15. The Morgan fingerprint density at radius 1 is 1.11 bits per heavy atom. The molecule has 0 aliphatic heterocycles. The van der Waals surface area contributed by atoms with Crippen LogP contribution in [0.3, 0.4) is 0 Å². The molecule has 28 heavy (non-hydrogen) atoms. The first kappa shape index (κ1) is 19.4. The summed E-state index contributed by atoms with van der Waals surface area (Å²) in [5.74, 6) is -0.565. The number of rotatable bonds is 6. The van der Waals surface area contributed by atoms with Crippen LogP contribution in [0, 0.1) is 13.8 Å². The van der Waals surface area contributed by atoms with Gasteiger partial charge in [0.25, 0.3) is 5.91 Å². The highest BCUT2D eigenvalue weighted by atomic mass is 32.1. The Morgan fingerprint density at radius 3 is 2.71 bits per heavy atom. The largest absolute Gasteiger partial charge is 0.296 e. The van der Waals surface area contributed by atoms with Crippen molar-refractivity contribution >= 4 is 34.5 Å². The average Bonchev–Trinajstić information content (AvgIpc) is 3.08. The van der Waals surface area contributed by atoms with Crippen molar-refractivity contribution in [1.29, 1.82) is 0 Å². The smallest absolute Gasteiger partial charge is 0.257 e. The van der Waals surface area contributed by atoms with E-state index in [1.807, 2.05) is 50.2 Å². The topological polar surface area (TPSA) is 96.3 Å². The van der Waals surface area contributed by atoms with E-state index in [1.165, 1.54) is 0 Å². The van der Waals surface area contributed by atoms with Gasteiger partial charge in [0.2, 0.25) is 11.0 Å². The van der Waals surface area contributed by atoms with E-state index in [-0.39, 0.29) is 18.2 Å². The molecular weight excluding hydrogens is 374 g/mol. The van der Waals surface area contributed by atoms with Gasteiger partial charge in [-0.2, -0.15) is 5.10 Å². The third kappa shape index (κ3) is 5.31. The Kier molecular flexibility index (Phi) is 6.23. The third-order valence-corrected chi connectivity index (χ3v) is 4.67. The van der Waals surface area contributed by atoms with Crippen molar-refractivity contribution in [3.63, 3.8) is 0 Å². The summed E-state index contributed by atoms with van der Waals surface area (Å²) in [5.41, 5.74) is 5.92. The first-order valence-electron chi connectivity index (χ1n) is 8.59. The number of aromatic nitrogens is 2. The molecule has 2 N–H and O–H groups in total. The molecular formula is C20H19N5O2S. The second-order valence-electron chi connectivity index (χ2n) is 6.15. The Morgan fingerprint density at radius 2 is 1.93 bits per heavy atom. The number of carbonyl (C=O) groups is 2. The van der Waals surface area contributed by atoms with E-state index >= 15 is 0 Å². The average molecular weight is 393 g/mol. The zero-order valence-corrected chi connectivity index (χ0v) is 16.3. The van der Waals surface area contributed by atoms with Gasteiger partial charge >= 0.3 is 0 Å². The van der Waals surface area contributed by atoms with Gasteiger partial charge in [-0.25, -0.2) is 5.43 Å². The van der Waals surface area contributed by atoms with Crippen LogP contribution < -0.4 is 10.7 Å². The van der Waals surface area contributed by atoms with E-state index in [4.69, 9.17) is 0 Å². The molecule has 3 rings (SSSR count). The highest BCUT2D eigenvalue weighted by Gasteiger charge is 2.13. The lowest BCUT2D eigenvalue weighted by atomic mass is 10.1. The highest BCUT2D eigenvalue weighted by Crippen LogP contribution is 2.17. The minimum atomic E-state index is -0.308. The summed E-state index contributed by atoms with van der Waals surface area (Å²) in [6, 6.07) is 15.0. The van der Waals surface area contributed by atoms with Gasteiger partial charge in [-0.15, -0.1) is 10.2 Å². The first-order valence-corrected chi connectivity index (χ1v) is 9.41. The van der Waals surface area contributed by atoms with Gasteiger partial charge in [0.15, 0.2) is 0 Å². The van der Waals surface area contributed by atoms with Crippen LogP contribution in [0.4, 0.5) is 5.13 Å². The van der Waals surface area contributed by atoms with Crippen LogP contribution in [0.15, 0.2) is 53.6 Å². The van der Waals surface area contributed by atoms with Crippen molar-refractivity contribution in [2.45, 2.75) is 20.3 Å². The summed E-state index contributed by atoms with van der Waals surface area (Å²) in [6.45, 7) is 3.85. The van der Waals surface area contributed by atoms with Crippen molar-refractivity contribution in [3.05, 3.63) is 75.8 Å². The number of aryl methyl sites for hydroxylation is 2. The Bertz CT molecular complexity index is 1030. The number of amides is 2. The Balaban J connectivity index is 1.53. The van der Waals surface area contributed by atoms with Crippen LogP contribution in [-0.2, 0) is 11.2 Å².